The summed E-state index contributed by atoms with van der Waals surface area (Å²) in [5.74, 6) is 0.633. The van der Waals surface area contributed by atoms with Crippen molar-refractivity contribution in [3.8, 4) is 0 Å². The fourth-order valence-electron chi connectivity index (χ4n) is 2.65. The molecule has 0 unspecified atom stereocenters. The Morgan fingerprint density at radius 3 is 2.25 bits per heavy atom. The van der Waals surface area contributed by atoms with Gasteiger partial charge in [0.05, 0.1) is 0 Å². The molecule has 0 N–H and O–H groups in total. The number of rotatable bonds is 7. The number of aromatic nitrogens is 1. The summed E-state index contributed by atoms with van der Waals surface area (Å²) in [5.41, 5.74) is 1.83. The normalized spacial score (nSPS) is 10.5. The van der Waals surface area contributed by atoms with Gasteiger partial charge in [0.15, 0.2) is 0 Å². The summed E-state index contributed by atoms with van der Waals surface area (Å²) in [7, 11) is 0. The summed E-state index contributed by atoms with van der Waals surface area (Å²) in [4.78, 5) is 21.1. The lowest BCUT2D eigenvalue weighted by Gasteiger charge is -2.23. The minimum Gasteiger partial charge on any atom is -0.372 e. The van der Waals surface area contributed by atoms with Gasteiger partial charge >= 0.3 is 0 Å². The molecule has 128 valence electrons. The number of hydrogen-bond donors (Lipinski definition) is 0. The standard InChI is InChI=1S/C19H24BrN3O/c1-4-13-22(5-2)17-10-7-15(8-11-17)19(24)23(6-3)18-12-9-16(20)14-21-18/h7-12,14H,4-6,13H2,1-3H3. The minimum atomic E-state index is -0.0302. The van der Waals surface area contributed by atoms with E-state index in [2.05, 4.69) is 39.7 Å². The predicted octanol–water partition coefficient (Wildman–Crippen LogP) is 4.75. The zero-order valence-electron chi connectivity index (χ0n) is 14.5. The molecule has 2 rings (SSSR count). The largest absolute Gasteiger partial charge is 0.372 e. The van der Waals surface area contributed by atoms with Crippen LogP contribution < -0.4 is 9.80 Å². The molecular formula is C19H24BrN3O. The first-order valence-corrected chi connectivity index (χ1v) is 9.18. The average molecular weight is 390 g/mol. The van der Waals surface area contributed by atoms with E-state index >= 15 is 0 Å². The number of halogens is 1. The van der Waals surface area contributed by atoms with Gasteiger partial charge in [-0.2, -0.15) is 0 Å². The lowest BCUT2D eigenvalue weighted by Crippen LogP contribution is -2.31. The molecule has 4 nitrogen and oxygen atoms in total. The zero-order valence-corrected chi connectivity index (χ0v) is 16.1. The summed E-state index contributed by atoms with van der Waals surface area (Å²) in [6.07, 6.45) is 2.81. The van der Waals surface area contributed by atoms with Crippen LogP contribution >= 0.6 is 15.9 Å². The van der Waals surface area contributed by atoms with Crippen LogP contribution in [-0.2, 0) is 0 Å². The number of nitrogens with zero attached hydrogens (tertiary/aromatic N) is 3. The summed E-state index contributed by atoms with van der Waals surface area (Å²) in [6.45, 7) is 8.83. The monoisotopic (exact) mass is 389 g/mol. The van der Waals surface area contributed by atoms with Gasteiger partial charge in [-0.15, -0.1) is 0 Å². The highest BCUT2D eigenvalue weighted by Gasteiger charge is 2.17. The number of benzene rings is 1. The van der Waals surface area contributed by atoms with Crippen molar-refractivity contribution in [1.29, 1.82) is 0 Å². The van der Waals surface area contributed by atoms with Gasteiger partial charge in [0, 0.05) is 41.6 Å². The highest BCUT2D eigenvalue weighted by Crippen LogP contribution is 2.20. The Hall–Kier alpha value is -1.88. The molecule has 0 aliphatic heterocycles. The summed E-state index contributed by atoms with van der Waals surface area (Å²) in [5, 5.41) is 0. The Labute approximate surface area is 152 Å². The van der Waals surface area contributed by atoms with Crippen LogP contribution in [0.5, 0.6) is 0 Å². The van der Waals surface area contributed by atoms with Gasteiger partial charge < -0.3 is 4.90 Å². The molecule has 0 bridgehead atoms. The fourth-order valence-corrected chi connectivity index (χ4v) is 2.88. The van der Waals surface area contributed by atoms with Crippen molar-refractivity contribution in [2.24, 2.45) is 0 Å². The van der Waals surface area contributed by atoms with E-state index in [1.54, 1.807) is 11.1 Å². The number of pyridine rings is 1. The van der Waals surface area contributed by atoms with E-state index in [9.17, 15) is 4.79 Å². The van der Waals surface area contributed by atoms with Gasteiger partial charge in [-0.3, -0.25) is 9.69 Å². The Kier molecular flexibility index (Phi) is 6.79. The molecule has 0 aliphatic carbocycles. The number of carbonyl (C=O) groups is 1. The Morgan fingerprint density at radius 1 is 1.04 bits per heavy atom. The lowest BCUT2D eigenvalue weighted by atomic mass is 10.1. The van der Waals surface area contributed by atoms with Crippen LogP contribution in [0.1, 0.15) is 37.6 Å². The SMILES string of the molecule is CCCN(CC)c1ccc(C(=O)N(CC)c2ccc(Br)cn2)cc1. The molecular weight excluding hydrogens is 366 g/mol. The van der Waals surface area contributed by atoms with E-state index in [1.165, 1.54) is 0 Å². The number of amides is 1. The Bertz CT molecular complexity index is 655. The van der Waals surface area contributed by atoms with E-state index in [0.29, 0.717) is 17.9 Å². The van der Waals surface area contributed by atoms with Gasteiger partial charge in [-0.25, -0.2) is 4.98 Å². The van der Waals surface area contributed by atoms with Crippen LogP contribution in [0.3, 0.4) is 0 Å². The quantitative estimate of drug-likeness (QED) is 0.685. The van der Waals surface area contributed by atoms with E-state index in [4.69, 9.17) is 0 Å². The number of anilines is 2. The second kappa shape index (κ2) is 8.83. The molecule has 1 amide bonds. The molecule has 0 saturated heterocycles. The van der Waals surface area contributed by atoms with E-state index < -0.39 is 0 Å². The topological polar surface area (TPSA) is 36.4 Å². The third-order valence-corrected chi connectivity index (χ3v) is 4.37. The molecule has 24 heavy (non-hydrogen) atoms. The van der Waals surface area contributed by atoms with Crippen molar-refractivity contribution < 1.29 is 4.79 Å². The molecule has 5 heteroatoms. The van der Waals surface area contributed by atoms with Crippen molar-refractivity contribution in [3.63, 3.8) is 0 Å². The predicted molar refractivity (Wildman–Crippen MR) is 104 cm³/mol. The first-order valence-electron chi connectivity index (χ1n) is 8.39. The third-order valence-electron chi connectivity index (χ3n) is 3.90. The molecule has 0 saturated carbocycles. The van der Waals surface area contributed by atoms with Crippen molar-refractivity contribution in [3.05, 3.63) is 52.6 Å². The maximum atomic E-state index is 12.8. The minimum absolute atomic E-state index is 0.0302. The second-order valence-electron chi connectivity index (χ2n) is 5.51. The maximum absolute atomic E-state index is 12.8. The zero-order chi connectivity index (χ0) is 17.5. The molecule has 2 aromatic rings. The van der Waals surface area contributed by atoms with Gasteiger partial charge in [-0.05, 0) is 72.6 Å². The van der Waals surface area contributed by atoms with Crippen molar-refractivity contribution >= 4 is 33.3 Å². The molecule has 0 atom stereocenters. The first-order chi connectivity index (χ1) is 11.6. The van der Waals surface area contributed by atoms with Crippen LogP contribution in [0.2, 0.25) is 0 Å². The molecule has 1 heterocycles. The maximum Gasteiger partial charge on any atom is 0.259 e. The van der Waals surface area contributed by atoms with Crippen LogP contribution in [0.15, 0.2) is 47.1 Å². The van der Waals surface area contributed by atoms with Crippen LogP contribution in [0.4, 0.5) is 11.5 Å². The van der Waals surface area contributed by atoms with Gasteiger partial charge in [0.25, 0.3) is 5.91 Å². The first kappa shape index (κ1) is 18.5. The smallest absolute Gasteiger partial charge is 0.259 e. The molecule has 1 aromatic carbocycles. The average Bonchev–Trinajstić information content (AvgIpc) is 2.62. The third kappa shape index (κ3) is 4.35. The highest BCUT2D eigenvalue weighted by molar-refractivity contribution is 9.10. The number of carbonyl (C=O) groups excluding carboxylic acids is 1. The summed E-state index contributed by atoms with van der Waals surface area (Å²) < 4.78 is 0.898. The van der Waals surface area contributed by atoms with Crippen molar-refractivity contribution in [2.75, 3.05) is 29.4 Å². The fraction of sp³-hybridized carbons (Fsp3) is 0.368. The van der Waals surface area contributed by atoms with Crippen LogP contribution in [-0.4, -0.2) is 30.5 Å². The van der Waals surface area contributed by atoms with Gasteiger partial charge in [0.1, 0.15) is 5.82 Å². The van der Waals surface area contributed by atoms with Crippen molar-refractivity contribution in [1.82, 2.24) is 4.98 Å². The van der Waals surface area contributed by atoms with Crippen molar-refractivity contribution in [2.45, 2.75) is 27.2 Å². The Morgan fingerprint density at radius 2 is 1.75 bits per heavy atom. The van der Waals surface area contributed by atoms with Gasteiger partial charge in [-0.1, -0.05) is 6.92 Å². The number of hydrogen-bond acceptors (Lipinski definition) is 3. The lowest BCUT2D eigenvalue weighted by molar-refractivity contribution is 0.0987. The highest BCUT2D eigenvalue weighted by atomic mass is 79.9. The van der Waals surface area contributed by atoms with E-state index in [0.717, 1.165) is 29.7 Å². The summed E-state index contributed by atoms with van der Waals surface area (Å²) >= 11 is 3.37. The summed E-state index contributed by atoms with van der Waals surface area (Å²) in [6, 6.07) is 11.6. The van der Waals surface area contributed by atoms with E-state index in [-0.39, 0.29) is 5.91 Å². The van der Waals surface area contributed by atoms with E-state index in [1.807, 2.05) is 43.3 Å². The van der Waals surface area contributed by atoms with Crippen LogP contribution in [0, 0.1) is 0 Å². The molecule has 0 fully saturated rings. The van der Waals surface area contributed by atoms with Crippen LogP contribution in [0.25, 0.3) is 0 Å². The molecule has 0 radical (unpaired) electrons. The second-order valence-corrected chi connectivity index (χ2v) is 6.43. The van der Waals surface area contributed by atoms with Gasteiger partial charge in [0.2, 0.25) is 0 Å². The molecule has 0 aliphatic rings. The molecule has 1 aromatic heterocycles. The Balaban J connectivity index is 2.20. The molecule has 0 spiro atoms.